The molecule has 2 atom stereocenters. The number of nitrogens with one attached hydrogen (secondary N) is 1. The molecule has 3 rings (SSSR count). The van der Waals surface area contributed by atoms with Crippen LogP contribution in [0, 0.1) is 5.92 Å². The van der Waals surface area contributed by atoms with E-state index in [1.165, 1.54) is 5.01 Å². The first-order chi connectivity index (χ1) is 14.7. The van der Waals surface area contributed by atoms with Crippen molar-refractivity contribution < 1.29 is 19.1 Å². The van der Waals surface area contributed by atoms with Crippen LogP contribution in [0.1, 0.15) is 32.3 Å². The second-order valence-corrected chi connectivity index (χ2v) is 8.61. The van der Waals surface area contributed by atoms with Crippen LogP contribution >= 0.6 is 0 Å². The number of benzene rings is 1. The van der Waals surface area contributed by atoms with E-state index in [-0.39, 0.29) is 18.4 Å². The van der Waals surface area contributed by atoms with Gasteiger partial charge in [-0.3, -0.25) is 14.4 Å². The fraction of sp³-hybridized carbons (Fsp3) is 0.545. The molecular formula is C22H31N5O4. The predicted molar refractivity (Wildman–Crippen MR) is 116 cm³/mol. The SMILES string of the molecule is CN1N=C2CCN(C(=O)[C@@H](CCOCc3ccccc3)NC(=O)C(C)(C)N)CC2C1=O. The molecule has 2 aliphatic heterocycles. The van der Waals surface area contributed by atoms with Crippen LogP contribution in [0.3, 0.4) is 0 Å². The van der Waals surface area contributed by atoms with Crippen LogP contribution in [0.15, 0.2) is 35.4 Å². The minimum absolute atomic E-state index is 0.109. The molecule has 3 amide bonds. The average molecular weight is 430 g/mol. The summed E-state index contributed by atoms with van der Waals surface area (Å²) in [4.78, 5) is 39.6. The second kappa shape index (κ2) is 9.57. The molecule has 1 saturated heterocycles. The number of nitrogens with two attached hydrogens (primary N) is 1. The normalized spacial score (nSPS) is 19.7. The van der Waals surface area contributed by atoms with Crippen molar-refractivity contribution in [3.8, 4) is 0 Å². The molecule has 0 aromatic heterocycles. The van der Waals surface area contributed by atoms with Crippen LogP contribution in [0.2, 0.25) is 0 Å². The molecule has 1 aromatic carbocycles. The van der Waals surface area contributed by atoms with Crippen molar-refractivity contribution >= 4 is 23.4 Å². The van der Waals surface area contributed by atoms with Gasteiger partial charge in [0.15, 0.2) is 0 Å². The number of carbonyl (C=O) groups is 3. The molecule has 2 heterocycles. The van der Waals surface area contributed by atoms with E-state index < -0.39 is 23.4 Å². The highest BCUT2D eigenvalue weighted by molar-refractivity contribution is 6.09. The molecule has 0 bridgehead atoms. The molecule has 1 unspecified atom stereocenters. The Balaban J connectivity index is 1.62. The third-order valence-electron chi connectivity index (χ3n) is 5.50. The Bertz CT molecular complexity index is 849. The van der Waals surface area contributed by atoms with Gasteiger partial charge in [0, 0.05) is 33.2 Å². The zero-order valence-electron chi connectivity index (χ0n) is 18.3. The van der Waals surface area contributed by atoms with E-state index in [0.717, 1.165) is 11.3 Å². The first-order valence-corrected chi connectivity index (χ1v) is 10.5. The number of hydrogen-bond donors (Lipinski definition) is 2. The second-order valence-electron chi connectivity index (χ2n) is 8.61. The Kier molecular flexibility index (Phi) is 7.07. The lowest BCUT2D eigenvalue weighted by atomic mass is 9.95. The zero-order valence-corrected chi connectivity index (χ0v) is 18.3. The Hall–Kier alpha value is -2.78. The van der Waals surface area contributed by atoms with Gasteiger partial charge >= 0.3 is 0 Å². The topological polar surface area (TPSA) is 117 Å². The molecule has 0 aliphatic carbocycles. The van der Waals surface area contributed by atoms with Gasteiger partial charge in [0.2, 0.25) is 11.8 Å². The number of fused-ring (bicyclic) bond motifs is 1. The number of carbonyl (C=O) groups excluding carboxylic acids is 3. The molecular weight excluding hydrogens is 398 g/mol. The Morgan fingerprint density at radius 2 is 2.03 bits per heavy atom. The maximum absolute atomic E-state index is 13.3. The van der Waals surface area contributed by atoms with E-state index >= 15 is 0 Å². The number of rotatable bonds is 8. The van der Waals surface area contributed by atoms with Gasteiger partial charge in [0.25, 0.3) is 5.91 Å². The lowest BCUT2D eigenvalue weighted by Crippen LogP contribution is -2.58. The molecule has 168 valence electrons. The average Bonchev–Trinajstić information content (AvgIpc) is 3.03. The summed E-state index contributed by atoms with van der Waals surface area (Å²) in [5.41, 5.74) is 6.63. The van der Waals surface area contributed by atoms with Crippen molar-refractivity contribution in [2.24, 2.45) is 16.8 Å². The van der Waals surface area contributed by atoms with Gasteiger partial charge in [-0.1, -0.05) is 30.3 Å². The van der Waals surface area contributed by atoms with Crippen LogP contribution in [-0.2, 0) is 25.7 Å². The van der Waals surface area contributed by atoms with Gasteiger partial charge in [-0.15, -0.1) is 0 Å². The minimum Gasteiger partial charge on any atom is -0.377 e. The predicted octanol–water partition coefficient (Wildman–Crippen LogP) is 0.492. The standard InChI is InChI=1S/C22H31N5O4/c1-22(2,23)21(30)24-18(10-12-31-14-15-7-5-4-6-8-15)20(29)27-11-9-17-16(13-27)19(28)26(3)25-17/h4-8,16,18H,9-14,23H2,1-3H3,(H,24,30)/t16?,18-/m1/s1. The van der Waals surface area contributed by atoms with Crippen LogP contribution in [0.4, 0.5) is 0 Å². The van der Waals surface area contributed by atoms with Crippen LogP contribution in [0.25, 0.3) is 0 Å². The summed E-state index contributed by atoms with van der Waals surface area (Å²) in [5.74, 6) is -1.16. The number of hydrogen-bond acceptors (Lipinski definition) is 6. The lowest BCUT2D eigenvalue weighted by molar-refractivity contribution is -0.140. The van der Waals surface area contributed by atoms with E-state index in [9.17, 15) is 14.4 Å². The van der Waals surface area contributed by atoms with E-state index in [2.05, 4.69) is 10.4 Å². The number of nitrogens with zero attached hydrogens (tertiary/aromatic N) is 3. The van der Waals surface area contributed by atoms with Crippen LogP contribution in [0.5, 0.6) is 0 Å². The van der Waals surface area contributed by atoms with Crippen molar-refractivity contribution in [2.45, 2.75) is 44.9 Å². The number of amides is 3. The minimum atomic E-state index is -1.12. The van der Waals surface area contributed by atoms with Crippen LogP contribution < -0.4 is 11.1 Å². The zero-order chi connectivity index (χ0) is 22.6. The Labute approximate surface area is 182 Å². The van der Waals surface area contributed by atoms with E-state index in [0.29, 0.717) is 32.6 Å². The molecule has 9 nitrogen and oxygen atoms in total. The van der Waals surface area contributed by atoms with Crippen molar-refractivity contribution in [2.75, 3.05) is 26.7 Å². The summed E-state index contributed by atoms with van der Waals surface area (Å²) in [6.07, 6.45) is 0.851. The maximum atomic E-state index is 13.3. The van der Waals surface area contributed by atoms with Crippen molar-refractivity contribution in [1.29, 1.82) is 0 Å². The number of hydrazone groups is 1. The smallest absolute Gasteiger partial charge is 0.253 e. The van der Waals surface area contributed by atoms with E-state index in [1.807, 2.05) is 30.3 Å². The van der Waals surface area contributed by atoms with Crippen molar-refractivity contribution in [1.82, 2.24) is 15.2 Å². The van der Waals surface area contributed by atoms with Gasteiger partial charge in [-0.2, -0.15) is 5.10 Å². The molecule has 0 radical (unpaired) electrons. The highest BCUT2D eigenvalue weighted by Gasteiger charge is 2.41. The summed E-state index contributed by atoms with van der Waals surface area (Å²) in [6.45, 7) is 4.62. The molecule has 31 heavy (non-hydrogen) atoms. The summed E-state index contributed by atoms with van der Waals surface area (Å²) >= 11 is 0. The third-order valence-corrected chi connectivity index (χ3v) is 5.50. The van der Waals surface area contributed by atoms with Gasteiger partial charge in [0.05, 0.1) is 23.8 Å². The Morgan fingerprint density at radius 1 is 1.32 bits per heavy atom. The summed E-state index contributed by atoms with van der Waals surface area (Å²) in [7, 11) is 1.62. The third kappa shape index (κ3) is 5.68. The number of likely N-dealkylation sites (tertiary alicyclic amines) is 1. The van der Waals surface area contributed by atoms with E-state index in [4.69, 9.17) is 10.5 Å². The first kappa shape index (κ1) is 22.9. The highest BCUT2D eigenvalue weighted by atomic mass is 16.5. The first-order valence-electron chi connectivity index (χ1n) is 10.5. The van der Waals surface area contributed by atoms with Crippen molar-refractivity contribution in [3.05, 3.63) is 35.9 Å². The summed E-state index contributed by atoms with van der Waals surface area (Å²) in [5, 5.41) is 8.36. The monoisotopic (exact) mass is 429 g/mol. The number of ether oxygens (including phenoxy) is 1. The molecule has 0 saturated carbocycles. The van der Waals surface area contributed by atoms with Crippen molar-refractivity contribution in [3.63, 3.8) is 0 Å². The largest absolute Gasteiger partial charge is 0.377 e. The van der Waals surface area contributed by atoms with Gasteiger partial charge in [-0.05, 0) is 25.8 Å². The number of piperidine rings is 1. The van der Waals surface area contributed by atoms with Gasteiger partial charge in [0.1, 0.15) is 6.04 Å². The lowest BCUT2D eigenvalue weighted by Gasteiger charge is -2.34. The molecule has 1 fully saturated rings. The highest BCUT2D eigenvalue weighted by Crippen LogP contribution is 2.23. The molecule has 2 aliphatic rings. The molecule has 9 heteroatoms. The summed E-state index contributed by atoms with van der Waals surface area (Å²) in [6, 6.07) is 8.95. The molecule has 1 aromatic rings. The van der Waals surface area contributed by atoms with Gasteiger partial charge < -0.3 is 20.7 Å². The maximum Gasteiger partial charge on any atom is 0.253 e. The summed E-state index contributed by atoms with van der Waals surface area (Å²) < 4.78 is 5.72. The fourth-order valence-corrected chi connectivity index (χ4v) is 3.64. The van der Waals surface area contributed by atoms with Gasteiger partial charge in [-0.25, -0.2) is 5.01 Å². The Morgan fingerprint density at radius 3 is 2.71 bits per heavy atom. The fourth-order valence-electron chi connectivity index (χ4n) is 3.64. The quantitative estimate of drug-likeness (QED) is 0.584. The molecule has 0 spiro atoms. The van der Waals surface area contributed by atoms with E-state index in [1.54, 1.807) is 25.8 Å². The van der Waals surface area contributed by atoms with Crippen LogP contribution in [-0.4, -0.2) is 71.7 Å². The molecule has 3 N–H and O–H groups in total.